The molecule has 0 unspecified atom stereocenters. The van der Waals surface area contributed by atoms with E-state index in [1.165, 1.54) is 0 Å². The normalized spacial score (nSPS) is 10.4. The number of nitrogens with zero attached hydrogens (tertiary/aromatic N) is 1. The van der Waals surface area contributed by atoms with Crippen molar-refractivity contribution in [3.05, 3.63) is 53.9 Å². The maximum absolute atomic E-state index is 9.62. The molecule has 1 aromatic heterocycles. The van der Waals surface area contributed by atoms with Crippen molar-refractivity contribution in [2.24, 2.45) is 0 Å². The van der Waals surface area contributed by atoms with Crippen molar-refractivity contribution in [2.75, 3.05) is 6.61 Å². The maximum Gasteiger partial charge on any atom is 0.161 e. The molecule has 2 rings (SSSR count). The summed E-state index contributed by atoms with van der Waals surface area (Å²) >= 11 is 0. The van der Waals surface area contributed by atoms with Crippen molar-refractivity contribution in [1.82, 2.24) is 10.3 Å². The van der Waals surface area contributed by atoms with Crippen molar-refractivity contribution >= 4 is 0 Å². The lowest BCUT2D eigenvalue weighted by Gasteiger charge is -2.09. The SMILES string of the molecule is CCOc1cc(CNCc2cccnc2)ccc1O. The van der Waals surface area contributed by atoms with E-state index in [9.17, 15) is 5.11 Å². The number of aromatic nitrogens is 1. The first kappa shape index (κ1) is 13.4. The second kappa shape index (κ2) is 6.75. The molecule has 1 heterocycles. The summed E-state index contributed by atoms with van der Waals surface area (Å²) in [6, 6.07) is 9.35. The Labute approximate surface area is 113 Å². The summed E-state index contributed by atoms with van der Waals surface area (Å²) in [7, 11) is 0. The topological polar surface area (TPSA) is 54.4 Å². The molecular formula is C15H18N2O2. The lowest BCUT2D eigenvalue weighted by atomic mass is 10.2. The largest absolute Gasteiger partial charge is 0.504 e. The molecule has 0 radical (unpaired) electrons. The van der Waals surface area contributed by atoms with Gasteiger partial charge in [0.2, 0.25) is 0 Å². The fourth-order valence-corrected chi connectivity index (χ4v) is 1.79. The Hall–Kier alpha value is -2.07. The smallest absolute Gasteiger partial charge is 0.161 e. The molecule has 100 valence electrons. The second-order valence-electron chi connectivity index (χ2n) is 4.20. The molecule has 0 spiro atoms. The highest BCUT2D eigenvalue weighted by Crippen LogP contribution is 2.26. The quantitative estimate of drug-likeness (QED) is 0.835. The summed E-state index contributed by atoms with van der Waals surface area (Å²) in [4.78, 5) is 4.07. The van der Waals surface area contributed by atoms with Gasteiger partial charge in [0.05, 0.1) is 6.61 Å². The van der Waals surface area contributed by atoms with Gasteiger partial charge in [-0.05, 0) is 36.2 Å². The van der Waals surface area contributed by atoms with Gasteiger partial charge in [-0.2, -0.15) is 0 Å². The van der Waals surface area contributed by atoms with Crippen LogP contribution >= 0.6 is 0 Å². The van der Waals surface area contributed by atoms with Gasteiger partial charge in [-0.1, -0.05) is 12.1 Å². The van der Waals surface area contributed by atoms with Gasteiger partial charge >= 0.3 is 0 Å². The first-order valence-corrected chi connectivity index (χ1v) is 6.34. The van der Waals surface area contributed by atoms with E-state index in [-0.39, 0.29) is 5.75 Å². The minimum atomic E-state index is 0.179. The third-order valence-corrected chi connectivity index (χ3v) is 2.71. The van der Waals surface area contributed by atoms with Gasteiger partial charge in [-0.25, -0.2) is 0 Å². The van der Waals surface area contributed by atoms with E-state index in [4.69, 9.17) is 4.74 Å². The molecule has 0 bridgehead atoms. The number of hydrogen-bond acceptors (Lipinski definition) is 4. The van der Waals surface area contributed by atoms with Crippen LogP contribution in [0.5, 0.6) is 11.5 Å². The molecule has 0 saturated carbocycles. The summed E-state index contributed by atoms with van der Waals surface area (Å²) in [6.45, 7) is 3.92. The van der Waals surface area contributed by atoms with Gasteiger partial charge in [-0.3, -0.25) is 4.98 Å². The number of benzene rings is 1. The summed E-state index contributed by atoms with van der Waals surface area (Å²) in [5, 5.41) is 12.9. The fourth-order valence-electron chi connectivity index (χ4n) is 1.79. The van der Waals surface area contributed by atoms with Crippen molar-refractivity contribution in [2.45, 2.75) is 20.0 Å². The molecule has 4 nitrogen and oxygen atoms in total. The molecule has 4 heteroatoms. The van der Waals surface area contributed by atoms with Crippen LogP contribution in [0.2, 0.25) is 0 Å². The molecule has 0 aliphatic carbocycles. The minimum absolute atomic E-state index is 0.179. The molecular weight excluding hydrogens is 240 g/mol. The van der Waals surface area contributed by atoms with E-state index < -0.39 is 0 Å². The number of ether oxygens (including phenoxy) is 1. The van der Waals surface area contributed by atoms with E-state index in [1.807, 2.05) is 37.4 Å². The van der Waals surface area contributed by atoms with Gasteiger partial charge in [-0.15, -0.1) is 0 Å². The average molecular weight is 258 g/mol. The number of phenolic OH excluding ortho intramolecular Hbond substituents is 1. The zero-order valence-electron chi connectivity index (χ0n) is 11.0. The highest BCUT2D eigenvalue weighted by Gasteiger charge is 2.03. The predicted molar refractivity (Wildman–Crippen MR) is 74.1 cm³/mol. The lowest BCUT2D eigenvalue weighted by Crippen LogP contribution is -2.12. The highest BCUT2D eigenvalue weighted by molar-refractivity contribution is 5.41. The Bertz CT molecular complexity index is 515. The number of aromatic hydroxyl groups is 1. The van der Waals surface area contributed by atoms with E-state index in [2.05, 4.69) is 10.3 Å². The van der Waals surface area contributed by atoms with Crippen LogP contribution in [0, 0.1) is 0 Å². The molecule has 0 aliphatic rings. The second-order valence-corrected chi connectivity index (χ2v) is 4.20. The molecule has 19 heavy (non-hydrogen) atoms. The number of rotatable bonds is 6. The van der Waals surface area contributed by atoms with Gasteiger partial charge in [0.15, 0.2) is 11.5 Å². The van der Waals surface area contributed by atoms with Crippen molar-refractivity contribution in [3.63, 3.8) is 0 Å². The van der Waals surface area contributed by atoms with Crippen LogP contribution < -0.4 is 10.1 Å². The Balaban J connectivity index is 1.91. The zero-order valence-corrected chi connectivity index (χ0v) is 11.0. The van der Waals surface area contributed by atoms with E-state index in [1.54, 1.807) is 12.3 Å². The standard InChI is InChI=1S/C15H18N2O2/c1-2-19-15-8-12(5-6-14(15)18)9-17-11-13-4-3-7-16-10-13/h3-8,10,17-18H,2,9,11H2,1H3. The Morgan fingerprint density at radius 2 is 2.05 bits per heavy atom. The van der Waals surface area contributed by atoms with Gasteiger partial charge in [0.25, 0.3) is 0 Å². The molecule has 0 atom stereocenters. The summed E-state index contributed by atoms with van der Waals surface area (Å²) in [6.07, 6.45) is 3.60. The molecule has 0 saturated heterocycles. The molecule has 2 N–H and O–H groups in total. The summed E-state index contributed by atoms with van der Waals surface area (Å²) in [5.41, 5.74) is 2.22. The van der Waals surface area contributed by atoms with Crippen LogP contribution in [-0.4, -0.2) is 16.7 Å². The summed E-state index contributed by atoms with van der Waals surface area (Å²) < 4.78 is 5.35. The highest BCUT2D eigenvalue weighted by atomic mass is 16.5. The third kappa shape index (κ3) is 3.96. The van der Waals surface area contributed by atoms with Crippen molar-refractivity contribution < 1.29 is 9.84 Å². The lowest BCUT2D eigenvalue weighted by molar-refractivity contribution is 0.317. The van der Waals surface area contributed by atoms with E-state index >= 15 is 0 Å². The van der Waals surface area contributed by atoms with Crippen molar-refractivity contribution in [1.29, 1.82) is 0 Å². The van der Waals surface area contributed by atoms with Gasteiger partial charge in [0, 0.05) is 25.5 Å². The molecule has 2 aromatic rings. The first-order chi connectivity index (χ1) is 9.29. The average Bonchev–Trinajstić information content (AvgIpc) is 2.44. The first-order valence-electron chi connectivity index (χ1n) is 6.34. The Morgan fingerprint density at radius 1 is 1.21 bits per heavy atom. The van der Waals surface area contributed by atoms with Crippen molar-refractivity contribution in [3.8, 4) is 11.5 Å². The van der Waals surface area contributed by atoms with Crippen LogP contribution in [-0.2, 0) is 13.1 Å². The number of phenols is 1. The molecule has 0 fully saturated rings. The van der Waals surface area contributed by atoms with Crippen LogP contribution in [0.4, 0.5) is 0 Å². The molecule has 0 aliphatic heterocycles. The van der Waals surface area contributed by atoms with Gasteiger partial charge < -0.3 is 15.2 Å². The maximum atomic E-state index is 9.62. The van der Waals surface area contributed by atoms with E-state index in [0.717, 1.165) is 24.2 Å². The van der Waals surface area contributed by atoms with Crippen LogP contribution in [0.3, 0.4) is 0 Å². The predicted octanol–water partition coefficient (Wildman–Crippen LogP) is 2.48. The fraction of sp³-hybridized carbons (Fsp3) is 0.267. The summed E-state index contributed by atoms with van der Waals surface area (Å²) in [5.74, 6) is 0.709. The van der Waals surface area contributed by atoms with Gasteiger partial charge in [0.1, 0.15) is 0 Å². The third-order valence-electron chi connectivity index (χ3n) is 2.71. The molecule has 1 aromatic carbocycles. The Kier molecular flexibility index (Phi) is 4.75. The van der Waals surface area contributed by atoms with Crippen LogP contribution in [0.15, 0.2) is 42.7 Å². The zero-order chi connectivity index (χ0) is 13.5. The number of hydrogen-bond donors (Lipinski definition) is 2. The van der Waals surface area contributed by atoms with Crippen LogP contribution in [0.1, 0.15) is 18.1 Å². The minimum Gasteiger partial charge on any atom is -0.504 e. The van der Waals surface area contributed by atoms with E-state index in [0.29, 0.717) is 12.4 Å². The monoisotopic (exact) mass is 258 g/mol. The number of nitrogens with one attached hydrogen (secondary N) is 1. The number of pyridine rings is 1. The molecule has 0 amide bonds. The van der Waals surface area contributed by atoms with Crippen LogP contribution in [0.25, 0.3) is 0 Å². The Morgan fingerprint density at radius 3 is 2.79 bits per heavy atom.